The van der Waals surface area contributed by atoms with Crippen molar-refractivity contribution in [1.29, 1.82) is 0 Å². The van der Waals surface area contributed by atoms with Crippen LogP contribution in [-0.4, -0.2) is 43.0 Å². The van der Waals surface area contributed by atoms with Gasteiger partial charge in [-0.05, 0) is 30.5 Å². The quantitative estimate of drug-likeness (QED) is 0.913. The smallest absolute Gasteiger partial charge is 0.239 e. The Kier molecular flexibility index (Phi) is 8.83. The van der Waals surface area contributed by atoms with Gasteiger partial charge in [-0.2, -0.15) is 0 Å². The van der Waals surface area contributed by atoms with Crippen LogP contribution >= 0.6 is 24.8 Å². The molecule has 1 fully saturated rings. The van der Waals surface area contributed by atoms with Gasteiger partial charge in [-0.25, -0.2) is 0 Å². The average Bonchev–Trinajstić information content (AvgIpc) is 2.46. The Morgan fingerprint density at radius 1 is 1.14 bits per heavy atom. The number of nitrogens with two attached hydrogens (primary N) is 1. The molecule has 2 rings (SSSR count). The van der Waals surface area contributed by atoms with Crippen LogP contribution in [0.2, 0.25) is 0 Å². The van der Waals surface area contributed by atoms with Gasteiger partial charge < -0.3 is 15.5 Å². The second-order valence-corrected chi connectivity index (χ2v) is 5.92. The minimum absolute atomic E-state index is 0. The van der Waals surface area contributed by atoms with Crippen molar-refractivity contribution in [3.05, 3.63) is 29.8 Å². The maximum atomic E-state index is 12.2. The number of benzene rings is 1. The number of carbonyl (C=O) groups excluding carboxylic acids is 1. The summed E-state index contributed by atoms with van der Waals surface area (Å²) in [5, 5.41) is 0. The Bertz CT molecular complexity index is 474. The molecule has 0 aromatic heterocycles. The predicted molar refractivity (Wildman–Crippen MR) is 97.3 cm³/mol. The van der Waals surface area contributed by atoms with E-state index in [1.165, 1.54) is 11.3 Å². The third kappa shape index (κ3) is 5.04. The lowest BCUT2D eigenvalue weighted by atomic mass is 10.0. The molecule has 1 aliphatic heterocycles. The first-order valence-corrected chi connectivity index (χ1v) is 7.35. The summed E-state index contributed by atoms with van der Waals surface area (Å²) in [5.74, 6) is 0.279. The first kappa shape index (κ1) is 21.0. The van der Waals surface area contributed by atoms with Gasteiger partial charge in [-0.1, -0.05) is 26.0 Å². The highest BCUT2D eigenvalue weighted by Gasteiger charge is 2.26. The van der Waals surface area contributed by atoms with Gasteiger partial charge >= 0.3 is 0 Å². The van der Waals surface area contributed by atoms with Crippen LogP contribution < -0.4 is 10.6 Å². The monoisotopic (exact) mass is 347 g/mol. The summed E-state index contributed by atoms with van der Waals surface area (Å²) in [5.41, 5.74) is 8.46. The van der Waals surface area contributed by atoms with E-state index >= 15 is 0 Å². The van der Waals surface area contributed by atoms with E-state index in [-0.39, 0.29) is 42.7 Å². The molecule has 1 amide bonds. The number of nitrogens with zero attached hydrogens (tertiary/aromatic N) is 2. The molecule has 0 aliphatic carbocycles. The van der Waals surface area contributed by atoms with Crippen molar-refractivity contribution in [3.8, 4) is 0 Å². The molecule has 22 heavy (non-hydrogen) atoms. The molecule has 0 unspecified atom stereocenters. The third-order valence-corrected chi connectivity index (χ3v) is 3.96. The normalized spacial score (nSPS) is 15.9. The summed E-state index contributed by atoms with van der Waals surface area (Å²) in [6, 6.07) is 8.13. The number of carbonyl (C=O) groups is 1. The molecule has 4 nitrogen and oxygen atoms in total. The van der Waals surface area contributed by atoms with Crippen molar-refractivity contribution < 1.29 is 4.79 Å². The molecule has 0 spiro atoms. The molecule has 1 aromatic rings. The molecule has 1 atom stereocenters. The lowest BCUT2D eigenvalue weighted by Crippen LogP contribution is -2.54. The van der Waals surface area contributed by atoms with Crippen molar-refractivity contribution >= 4 is 36.4 Å². The zero-order valence-corrected chi connectivity index (χ0v) is 15.1. The highest BCUT2D eigenvalue weighted by molar-refractivity contribution is 5.85. The Labute approximate surface area is 145 Å². The van der Waals surface area contributed by atoms with Gasteiger partial charge in [-0.3, -0.25) is 4.79 Å². The molecular weight excluding hydrogens is 321 g/mol. The molecule has 1 aromatic carbocycles. The summed E-state index contributed by atoms with van der Waals surface area (Å²) >= 11 is 0. The standard InChI is InChI=1S/C16H25N3O.2ClH/c1-12(2)15(17)16(20)19-9-7-18(8-10-19)14-6-4-5-13(3)11-14;;/h4-6,11-12,15H,7-10,17H2,1-3H3;2*1H/t15-;;/m1../s1. The van der Waals surface area contributed by atoms with Crippen LogP contribution in [0.3, 0.4) is 0 Å². The average molecular weight is 348 g/mol. The Morgan fingerprint density at radius 3 is 2.23 bits per heavy atom. The molecule has 0 bridgehead atoms. The highest BCUT2D eigenvalue weighted by Crippen LogP contribution is 2.18. The number of rotatable bonds is 3. The number of piperazine rings is 1. The van der Waals surface area contributed by atoms with Crippen molar-refractivity contribution in [2.45, 2.75) is 26.8 Å². The van der Waals surface area contributed by atoms with E-state index in [1.807, 2.05) is 18.7 Å². The molecular formula is C16H27Cl2N3O. The van der Waals surface area contributed by atoms with Crippen molar-refractivity contribution in [3.63, 3.8) is 0 Å². The number of hydrogen-bond donors (Lipinski definition) is 1. The van der Waals surface area contributed by atoms with Crippen LogP contribution in [0.4, 0.5) is 5.69 Å². The van der Waals surface area contributed by atoms with Crippen molar-refractivity contribution in [1.82, 2.24) is 4.90 Å². The van der Waals surface area contributed by atoms with Crippen LogP contribution in [0.1, 0.15) is 19.4 Å². The Morgan fingerprint density at radius 2 is 1.73 bits per heavy atom. The number of anilines is 1. The topological polar surface area (TPSA) is 49.6 Å². The van der Waals surface area contributed by atoms with E-state index in [0.717, 1.165) is 26.2 Å². The fourth-order valence-corrected chi connectivity index (χ4v) is 2.51. The largest absolute Gasteiger partial charge is 0.368 e. The first-order valence-electron chi connectivity index (χ1n) is 7.35. The Hall–Kier alpha value is -0.970. The van der Waals surface area contributed by atoms with Gasteiger partial charge in [-0.15, -0.1) is 24.8 Å². The molecule has 1 aliphatic rings. The minimum atomic E-state index is -0.375. The fraction of sp³-hybridized carbons (Fsp3) is 0.562. The minimum Gasteiger partial charge on any atom is -0.368 e. The third-order valence-electron chi connectivity index (χ3n) is 3.96. The molecule has 2 N–H and O–H groups in total. The fourth-order valence-electron chi connectivity index (χ4n) is 2.51. The number of amides is 1. The first-order chi connectivity index (χ1) is 9.49. The zero-order chi connectivity index (χ0) is 14.7. The summed E-state index contributed by atoms with van der Waals surface area (Å²) < 4.78 is 0. The van der Waals surface area contributed by atoms with Crippen molar-refractivity contribution in [2.24, 2.45) is 11.7 Å². The number of hydrogen-bond acceptors (Lipinski definition) is 3. The zero-order valence-electron chi connectivity index (χ0n) is 13.5. The number of halogens is 2. The van der Waals surface area contributed by atoms with E-state index in [4.69, 9.17) is 5.73 Å². The van der Waals surface area contributed by atoms with Gasteiger partial charge in [0.25, 0.3) is 0 Å². The van der Waals surface area contributed by atoms with Gasteiger partial charge in [0.15, 0.2) is 0 Å². The molecule has 6 heteroatoms. The van der Waals surface area contributed by atoms with Gasteiger partial charge in [0.2, 0.25) is 5.91 Å². The second-order valence-electron chi connectivity index (χ2n) is 5.92. The van der Waals surface area contributed by atoms with E-state index in [0.29, 0.717) is 0 Å². The predicted octanol–water partition coefficient (Wildman–Crippen LogP) is 2.47. The maximum Gasteiger partial charge on any atom is 0.239 e. The lowest BCUT2D eigenvalue weighted by Gasteiger charge is -2.37. The van der Waals surface area contributed by atoms with Crippen LogP contribution in [0.5, 0.6) is 0 Å². The van der Waals surface area contributed by atoms with Crippen LogP contribution in [0.25, 0.3) is 0 Å². The summed E-state index contributed by atoms with van der Waals surface area (Å²) in [7, 11) is 0. The second kappa shape index (κ2) is 9.23. The van der Waals surface area contributed by atoms with E-state index < -0.39 is 0 Å². The summed E-state index contributed by atoms with van der Waals surface area (Å²) in [4.78, 5) is 16.5. The SMILES string of the molecule is Cc1cccc(N2CCN(C(=O)[C@H](N)C(C)C)CC2)c1.Cl.Cl. The molecule has 0 saturated carbocycles. The van der Waals surface area contributed by atoms with Crippen molar-refractivity contribution in [2.75, 3.05) is 31.1 Å². The lowest BCUT2D eigenvalue weighted by molar-refractivity contribution is -0.133. The highest BCUT2D eigenvalue weighted by atomic mass is 35.5. The molecule has 0 radical (unpaired) electrons. The molecule has 1 heterocycles. The maximum absolute atomic E-state index is 12.2. The van der Waals surface area contributed by atoms with E-state index in [9.17, 15) is 4.79 Å². The molecule has 1 saturated heterocycles. The Balaban J connectivity index is 0.00000220. The number of aryl methyl sites for hydroxylation is 1. The molecule has 126 valence electrons. The van der Waals surface area contributed by atoms with E-state index in [2.05, 4.69) is 36.1 Å². The van der Waals surface area contributed by atoms with Gasteiger partial charge in [0.05, 0.1) is 6.04 Å². The van der Waals surface area contributed by atoms with Gasteiger partial charge in [0.1, 0.15) is 0 Å². The summed E-state index contributed by atoms with van der Waals surface area (Å²) in [6.07, 6.45) is 0. The van der Waals surface area contributed by atoms with E-state index in [1.54, 1.807) is 0 Å². The van der Waals surface area contributed by atoms with Crippen LogP contribution in [0.15, 0.2) is 24.3 Å². The van der Waals surface area contributed by atoms with Crippen LogP contribution in [-0.2, 0) is 4.79 Å². The summed E-state index contributed by atoms with van der Waals surface area (Å²) in [6.45, 7) is 9.35. The van der Waals surface area contributed by atoms with Gasteiger partial charge in [0, 0.05) is 31.9 Å². The van der Waals surface area contributed by atoms with Crippen LogP contribution in [0, 0.1) is 12.8 Å².